The highest BCUT2D eigenvalue weighted by Crippen LogP contribution is 2.31. The standard InChI is InChI=1S/C21H17ClFN5/c1-28-12-16(11-25-28)14-4-7-19(18(24)8-14)26-21-10-15(9-20(22)27-21)13-2-5-17(23)6-3-13/h2-12H,24H2,1H3,(H,26,27). The summed E-state index contributed by atoms with van der Waals surface area (Å²) in [6, 6.07) is 15.5. The van der Waals surface area contributed by atoms with Gasteiger partial charge in [0.25, 0.3) is 0 Å². The van der Waals surface area contributed by atoms with E-state index in [4.69, 9.17) is 17.3 Å². The summed E-state index contributed by atoms with van der Waals surface area (Å²) in [5.74, 6) is 0.261. The predicted molar refractivity (Wildman–Crippen MR) is 111 cm³/mol. The smallest absolute Gasteiger partial charge is 0.132 e. The van der Waals surface area contributed by atoms with Gasteiger partial charge in [0.15, 0.2) is 0 Å². The normalized spacial score (nSPS) is 10.8. The fourth-order valence-electron chi connectivity index (χ4n) is 2.93. The molecule has 4 rings (SSSR count). The fourth-order valence-corrected chi connectivity index (χ4v) is 3.14. The number of nitrogens with two attached hydrogens (primary N) is 1. The molecule has 0 radical (unpaired) electrons. The summed E-state index contributed by atoms with van der Waals surface area (Å²) in [6.07, 6.45) is 3.71. The van der Waals surface area contributed by atoms with Crippen molar-refractivity contribution in [2.75, 3.05) is 11.1 Å². The van der Waals surface area contributed by atoms with Gasteiger partial charge in [-0.3, -0.25) is 4.68 Å². The van der Waals surface area contributed by atoms with E-state index in [1.807, 2.05) is 37.5 Å². The van der Waals surface area contributed by atoms with E-state index < -0.39 is 0 Å². The van der Waals surface area contributed by atoms with Crippen molar-refractivity contribution < 1.29 is 4.39 Å². The molecule has 0 fully saturated rings. The summed E-state index contributed by atoms with van der Waals surface area (Å²) in [7, 11) is 1.87. The van der Waals surface area contributed by atoms with Crippen molar-refractivity contribution in [3.63, 3.8) is 0 Å². The zero-order valence-electron chi connectivity index (χ0n) is 15.0. The Hall–Kier alpha value is -3.38. The number of aromatic nitrogens is 3. The number of nitrogens with zero attached hydrogens (tertiary/aromatic N) is 3. The van der Waals surface area contributed by atoms with Gasteiger partial charge in [0.2, 0.25) is 0 Å². The van der Waals surface area contributed by atoms with Gasteiger partial charge in [0, 0.05) is 18.8 Å². The molecular weight excluding hydrogens is 377 g/mol. The summed E-state index contributed by atoms with van der Waals surface area (Å²) in [6.45, 7) is 0. The number of anilines is 3. The molecule has 2 aromatic heterocycles. The van der Waals surface area contributed by atoms with Crippen molar-refractivity contribution in [2.24, 2.45) is 7.05 Å². The minimum Gasteiger partial charge on any atom is -0.397 e. The Morgan fingerprint density at radius 3 is 2.39 bits per heavy atom. The molecule has 3 N–H and O–H groups in total. The molecule has 4 aromatic rings. The molecule has 0 aliphatic heterocycles. The number of aryl methyl sites for hydroxylation is 1. The molecule has 28 heavy (non-hydrogen) atoms. The number of hydrogen-bond acceptors (Lipinski definition) is 4. The molecule has 0 aliphatic carbocycles. The maximum atomic E-state index is 13.2. The number of nitrogens with one attached hydrogen (secondary N) is 1. The van der Waals surface area contributed by atoms with Crippen LogP contribution in [0, 0.1) is 5.82 Å². The van der Waals surface area contributed by atoms with Crippen molar-refractivity contribution in [1.82, 2.24) is 14.8 Å². The Labute approximate surface area is 166 Å². The Kier molecular flexibility index (Phi) is 4.71. The number of nitrogen functional groups attached to an aromatic ring is 1. The van der Waals surface area contributed by atoms with Crippen LogP contribution in [-0.4, -0.2) is 14.8 Å². The topological polar surface area (TPSA) is 68.8 Å². The van der Waals surface area contributed by atoms with Crippen LogP contribution < -0.4 is 11.1 Å². The highest BCUT2D eigenvalue weighted by molar-refractivity contribution is 6.29. The van der Waals surface area contributed by atoms with Gasteiger partial charge in [-0.1, -0.05) is 29.8 Å². The quantitative estimate of drug-likeness (QED) is 0.366. The number of hydrogen-bond donors (Lipinski definition) is 2. The third-order valence-electron chi connectivity index (χ3n) is 4.32. The van der Waals surface area contributed by atoms with E-state index in [2.05, 4.69) is 15.4 Å². The lowest BCUT2D eigenvalue weighted by Gasteiger charge is -2.12. The molecule has 0 aliphatic rings. The van der Waals surface area contributed by atoms with Crippen molar-refractivity contribution in [3.05, 3.63) is 78.0 Å². The van der Waals surface area contributed by atoms with Crippen LogP contribution >= 0.6 is 11.6 Å². The number of rotatable bonds is 4. The van der Waals surface area contributed by atoms with Crippen molar-refractivity contribution in [2.45, 2.75) is 0 Å². The first-order valence-electron chi connectivity index (χ1n) is 8.57. The summed E-state index contributed by atoms with van der Waals surface area (Å²) < 4.78 is 14.9. The molecule has 2 aromatic carbocycles. The lowest BCUT2D eigenvalue weighted by Crippen LogP contribution is -1.99. The molecule has 0 saturated heterocycles. The molecule has 0 saturated carbocycles. The van der Waals surface area contributed by atoms with Crippen LogP contribution in [-0.2, 0) is 7.05 Å². The van der Waals surface area contributed by atoms with Crippen LogP contribution in [0.4, 0.5) is 21.6 Å². The molecule has 7 heteroatoms. The second-order valence-electron chi connectivity index (χ2n) is 6.40. The predicted octanol–water partition coefficient (Wildman–Crippen LogP) is 5.27. The molecule has 140 valence electrons. The van der Waals surface area contributed by atoms with E-state index in [-0.39, 0.29) is 5.82 Å². The highest BCUT2D eigenvalue weighted by atomic mass is 35.5. The third-order valence-corrected chi connectivity index (χ3v) is 4.52. The van der Waals surface area contributed by atoms with Crippen LogP contribution in [0.1, 0.15) is 0 Å². The minimum absolute atomic E-state index is 0.288. The lowest BCUT2D eigenvalue weighted by atomic mass is 10.1. The van der Waals surface area contributed by atoms with Crippen LogP contribution in [0.15, 0.2) is 67.0 Å². The molecule has 0 spiro atoms. The molecule has 2 heterocycles. The van der Waals surface area contributed by atoms with E-state index in [1.165, 1.54) is 12.1 Å². The second kappa shape index (κ2) is 7.32. The molecule has 0 atom stereocenters. The van der Waals surface area contributed by atoms with E-state index in [0.717, 1.165) is 22.3 Å². The maximum Gasteiger partial charge on any atom is 0.132 e. The molecule has 0 unspecified atom stereocenters. The van der Waals surface area contributed by atoms with E-state index in [9.17, 15) is 4.39 Å². The number of pyridine rings is 1. The first kappa shape index (κ1) is 18.0. The van der Waals surface area contributed by atoms with Crippen molar-refractivity contribution in [1.29, 1.82) is 0 Å². The van der Waals surface area contributed by atoms with Gasteiger partial charge in [0.1, 0.15) is 16.8 Å². The average molecular weight is 394 g/mol. The summed E-state index contributed by atoms with van der Waals surface area (Å²) in [5.41, 5.74) is 11.1. The van der Waals surface area contributed by atoms with Crippen LogP contribution in [0.5, 0.6) is 0 Å². The largest absolute Gasteiger partial charge is 0.397 e. The first-order valence-corrected chi connectivity index (χ1v) is 8.95. The maximum absolute atomic E-state index is 13.2. The van der Waals surface area contributed by atoms with E-state index in [1.54, 1.807) is 29.1 Å². The van der Waals surface area contributed by atoms with Gasteiger partial charge in [-0.2, -0.15) is 5.10 Å². The second-order valence-corrected chi connectivity index (χ2v) is 6.79. The van der Waals surface area contributed by atoms with Crippen molar-refractivity contribution >= 4 is 28.8 Å². The SMILES string of the molecule is Cn1cc(-c2ccc(Nc3cc(-c4ccc(F)cc4)cc(Cl)n3)c(N)c2)cn1. The van der Waals surface area contributed by atoms with Crippen LogP contribution in [0.3, 0.4) is 0 Å². The monoisotopic (exact) mass is 393 g/mol. The molecule has 0 amide bonds. The van der Waals surface area contributed by atoms with Gasteiger partial charge in [-0.15, -0.1) is 0 Å². The lowest BCUT2D eigenvalue weighted by molar-refractivity contribution is 0.628. The van der Waals surface area contributed by atoms with Gasteiger partial charge < -0.3 is 11.1 Å². The molecular formula is C21H17ClFN5. The zero-order chi connectivity index (χ0) is 19.7. The minimum atomic E-state index is -0.288. The number of halogens is 2. The fraction of sp³-hybridized carbons (Fsp3) is 0.0476. The Morgan fingerprint density at radius 1 is 0.964 bits per heavy atom. The van der Waals surface area contributed by atoms with Gasteiger partial charge >= 0.3 is 0 Å². The summed E-state index contributed by atoms with van der Waals surface area (Å²) in [4.78, 5) is 4.31. The summed E-state index contributed by atoms with van der Waals surface area (Å²) in [5, 5.41) is 7.71. The van der Waals surface area contributed by atoms with Gasteiger partial charge in [0.05, 0.1) is 17.6 Å². The van der Waals surface area contributed by atoms with Gasteiger partial charge in [-0.05, 0) is 53.1 Å². The van der Waals surface area contributed by atoms with Crippen LogP contribution in [0.25, 0.3) is 22.3 Å². The first-order chi connectivity index (χ1) is 13.5. The summed E-state index contributed by atoms with van der Waals surface area (Å²) >= 11 is 6.18. The Balaban J connectivity index is 1.63. The number of benzene rings is 2. The molecule has 5 nitrogen and oxygen atoms in total. The van der Waals surface area contributed by atoms with E-state index >= 15 is 0 Å². The zero-order valence-corrected chi connectivity index (χ0v) is 15.8. The Morgan fingerprint density at radius 2 is 1.71 bits per heavy atom. The van der Waals surface area contributed by atoms with E-state index in [0.29, 0.717) is 22.3 Å². The molecule has 0 bridgehead atoms. The van der Waals surface area contributed by atoms with Crippen molar-refractivity contribution in [3.8, 4) is 22.3 Å². The third kappa shape index (κ3) is 3.82. The average Bonchev–Trinajstić information content (AvgIpc) is 3.10. The van der Waals surface area contributed by atoms with Gasteiger partial charge in [-0.25, -0.2) is 9.37 Å². The highest BCUT2D eigenvalue weighted by Gasteiger charge is 2.08. The Bertz CT molecular complexity index is 1140. The van der Waals surface area contributed by atoms with Crippen LogP contribution in [0.2, 0.25) is 5.15 Å².